The minimum atomic E-state index is -4.42. The molecule has 0 spiro atoms. The fourth-order valence-corrected chi connectivity index (χ4v) is 1.11. The summed E-state index contributed by atoms with van der Waals surface area (Å²) in [7, 11) is 0. The Balaban J connectivity index is 2.59. The fraction of sp³-hybridized carbons (Fsp3) is 0.500. The summed E-state index contributed by atoms with van der Waals surface area (Å²) in [5.41, 5.74) is 3.90. The average Bonchev–Trinajstić information content (AvgIpc) is 2.13. The van der Waals surface area contributed by atoms with Crippen LogP contribution in [0.2, 0.25) is 0 Å². The van der Waals surface area contributed by atoms with E-state index in [1.165, 1.54) is 0 Å². The van der Waals surface area contributed by atoms with E-state index in [0.717, 1.165) is 10.6 Å². The van der Waals surface area contributed by atoms with Crippen LogP contribution in [0.25, 0.3) is 0 Å². The first kappa shape index (κ1) is 13.3. The molecule has 0 amide bonds. The van der Waals surface area contributed by atoms with Gasteiger partial charge in [-0.05, 0) is 0 Å². The summed E-state index contributed by atoms with van der Waals surface area (Å²) in [6, 6.07) is 0.963. The molecule has 1 rings (SSSR count). The van der Waals surface area contributed by atoms with Crippen molar-refractivity contribution in [3.63, 3.8) is 0 Å². The molecule has 1 heterocycles. The zero-order chi connectivity index (χ0) is 13.1. The first-order valence-corrected chi connectivity index (χ1v) is 4.54. The summed E-state index contributed by atoms with van der Waals surface area (Å²) in [5.74, 6) is -0.130. The van der Waals surface area contributed by atoms with Gasteiger partial charge in [0.1, 0.15) is 12.4 Å². The molecular formula is C8H10F3N3O3. The van der Waals surface area contributed by atoms with Crippen LogP contribution in [0.3, 0.4) is 0 Å². The topological polar surface area (TPSA) is 90.1 Å². The van der Waals surface area contributed by atoms with Gasteiger partial charge in [-0.3, -0.25) is 14.3 Å². The van der Waals surface area contributed by atoms with E-state index in [2.05, 4.69) is 4.74 Å². The van der Waals surface area contributed by atoms with Gasteiger partial charge >= 0.3 is 11.9 Å². The molecule has 9 heteroatoms. The molecule has 0 aromatic carbocycles. The molecule has 0 bridgehead atoms. The minimum Gasteiger partial charge on any atom is -0.385 e. The number of nitrogens with two attached hydrogens (primary N) is 1. The summed E-state index contributed by atoms with van der Waals surface area (Å²) >= 11 is 0. The fourth-order valence-electron chi connectivity index (χ4n) is 1.11. The largest absolute Gasteiger partial charge is 0.411 e. The van der Waals surface area contributed by atoms with E-state index in [4.69, 9.17) is 5.73 Å². The molecule has 96 valence electrons. The molecular weight excluding hydrogens is 243 g/mol. The van der Waals surface area contributed by atoms with Crippen LogP contribution in [-0.4, -0.2) is 28.9 Å². The molecule has 0 atom stereocenters. The molecule has 1 aromatic heterocycles. The molecule has 0 aliphatic heterocycles. The van der Waals surface area contributed by atoms with Gasteiger partial charge in [-0.15, -0.1) is 0 Å². The van der Waals surface area contributed by atoms with Crippen LogP contribution in [0, 0.1) is 0 Å². The summed E-state index contributed by atoms with van der Waals surface area (Å²) < 4.78 is 40.4. The predicted octanol–water partition coefficient (Wildman–Crippen LogP) is -0.302. The van der Waals surface area contributed by atoms with E-state index in [1.807, 2.05) is 4.98 Å². The number of nitrogen functional groups attached to an aromatic ring is 1. The van der Waals surface area contributed by atoms with E-state index in [1.54, 1.807) is 0 Å². The van der Waals surface area contributed by atoms with E-state index in [-0.39, 0.29) is 19.0 Å². The monoisotopic (exact) mass is 253 g/mol. The van der Waals surface area contributed by atoms with E-state index in [0.29, 0.717) is 0 Å². The molecule has 3 N–H and O–H groups in total. The molecule has 0 saturated heterocycles. The number of aromatic amines is 1. The van der Waals surface area contributed by atoms with Crippen molar-refractivity contribution in [2.45, 2.75) is 12.7 Å². The zero-order valence-electron chi connectivity index (χ0n) is 8.58. The molecule has 0 fully saturated rings. The summed E-state index contributed by atoms with van der Waals surface area (Å²) in [5, 5.41) is 0. The predicted molar refractivity (Wildman–Crippen MR) is 52.6 cm³/mol. The molecule has 17 heavy (non-hydrogen) atoms. The number of halogens is 3. The van der Waals surface area contributed by atoms with Gasteiger partial charge in [0.15, 0.2) is 0 Å². The van der Waals surface area contributed by atoms with Crippen molar-refractivity contribution in [1.82, 2.24) is 9.55 Å². The quantitative estimate of drug-likeness (QED) is 0.721. The van der Waals surface area contributed by atoms with Gasteiger partial charge in [-0.25, -0.2) is 4.79 Å². The second kappa shape index (κ2) is 5.04. The van der Waals surface area contributed by atoms with Gasteiger partial charge in [0.05, 0.1) is 13.2 Å². The highest BCUT2D eigenvalue weighted by molar-refractivity contribution is 5.25. The van der Waals surface area contributed by atoms with E-state index < -0.39 is 24.0 Å². The number of hydrogen-bond donors (Lipinski definition) is 2. The number of nitrogens with one attached hydrogen (secondary N) is 1. The first-order valence-electron chi connectivity index (χ1n) is 4.54. The third-order valence-corrected chi connectivity index (χ3v) is 1.79. The van der Waals surface area contributed by atoms with Gasteiger partial charge < -0.3 is 10.5 Å². The van der Waals surface area contributed by atoms with Crippen molar-refractivity contribution in [2.24, 2.45) is 0 Å². The molecule has 0 saturated carbocycles. The summed E-state index contributed by atoms with van der Waals surface area (Å²) in [6.07, 6.45) is -4.42. The summed E-state index contributed by atoms with van der Waals surface area (Å²) in [4.78, 5) is 23.9. The number of aromatic nitrogens is 2. The van der Waals surface area contributed by atoms with Gasteiger partial charge in [-0.1, -0.05) is 0 Å². The van der Waals surface area contributed by atoms with Crippen molar-refractivity contribution in [3.8, 4) is 0 Å². The number of nitrogens with zero attached hydrogens (tertiary/aromatic N) is 1. The highest BCUT2D eigenvalue weighted by Gasteiger charge is 2.27. The van der Waals surface area contributed by atoms with Crippen LogP contribution in [0.15, 0.2) is 15.7 Å². The number of alkyl halides is 3. The Kier molecular flexibility index (Phi) is 3.94. The molecule has 6 nitrogen and oxygen atoms in total. The molecule has 0 radical (unpaired) electrons. The maximum atomic E-state index is 11.7. The highest BCUT2D eigenvalue weighted by Crippen LogP contribution is 2.14. The molecule has 0 aliphatic carbocycles. The van der Waals surface area contributed by atoms with Crippen molar-refractivity contribution in [1.29, 1.82) is 0 Å². The number of anilines is 1. The number of ether oxygens (including phenoxy) is 1. The van der Waals surface area contributed by atoms with Crippen LogP contribution < -0.4 is 17.0 Å². The SMILES string of the molecule is Nc1cc(=O)[nH]c(=O)n1CCOCC(F)(F)F. The number of rotatable bonds is 4. The van der Waals surface area contributed by atoms with Crippen LogP contribution in [-0.2, 0) is 11.3 Å². The standard InChI is InChI=1S/C8H10F3N3O3/c9-8(10,11)4-17-2-1-14-5(12)3-6(15)13-7(14)16/h3H,1-2,4,12H2,(H,13,15,16). The Hall–Kier alpha value is -1.77. The van der Waals surface area contributed by atoms with E-state index in [9.17, 15) is 22.8 Å². The zero-order valence-corrected chi connectivity index (χ0v) is 8.58. The molecule has 0 aliphatic rings. The third-order valence-electron chi connectivity index (χ3n) is 1.79. The second-order valence-electron chi connectivity index (χ2n) is 3.18. The lowest BCUT2D eigenvalue weighted by Crippen LogP contribution is -2.32. The Morgan fingerprint density at radius 1 is 1.41 bits per heavy atom. The van der Waals surface area contributed by atoms with Crippen LogP contribution >= 0.6 is 0 Å². The van der Waals surface area contributed by atoms with Gasteiger partial charge in [-0.2, -0.15) is 13.2 Å². The summed E-state index contributed by atoms with van der Waals surface area (Å²) in [6.45, 7) is -1.90. The minimum absolute atomic E-state index is 0.130. The maximum absolute atomic E-state index is 11.7. The van der Waals surface area contributed by atoms with Crippen LogP contribution in [0.5, 0.6) is 0 Å². The lowest BCUT2D eigenvalue weighted by Gasteiger charge is -2.10. The first-order chi connectivity index (χ1) is 7.79. The van der Waals surface area contributed by atoms with Crippen molar-refractivity contribution < 1.29 is 17.9 Å². The maximum Gasteiger partial charge on any atom is 0.411 e. The highest BCUT2D eigenvalue weighted by atomic mass is 19.4. The van der Waals surface area contributed by atoms with E-state index >= 15 is 0 Å². The Morgan fingerprint density at radius 2 is 2.06 bits per heavy atom. The van der Waals surface area contributed by atoms with Gasteiger partial charge in [0, 0.05) is 6.07 Å². The van der Waals surface area contributed by atoms with Crippen molar-refractivity contribution in [2.75, 3.05) is 18.9 Å². The lowest BCUT2D eigenvalue weighted by atomic mass is 10.5. The Labute approximate surface area is 92.8 Å². The normalized spacial score (nSPS) is 11.7. The van der Waals surface area contributed by atoms with Gasteiger partial charge in [0.2, 0.25) is 0 Å². The Morgan fingerprint density at radius 3 is 2.59 bits per heavy atom. The second-order valence-corrected chi connectivity index (χ2v) is 3.18. The number of hydrogen-bond acceptors (Lipinski definition) is 4. The third kappa shape index (κ3) is 4.31. The Bertz CT molecular complexity index is 491. The van der Waals surface area contributed by atoms with Crippen molar-refractivity contribution in [3.05, 3.63) is 26.9 Å². The average molecular weight is 253 g/mol. The molecule has 0 unspecified atom stereocenters. The molecule has 1 aromatic rings. The van der Waals surface area contributed by atoms with Gasteiger partial charge in [0.25, 0.3) is 5.56 Å². The lowest BCUT2D eigenvalue weighted by molar-refractivity contribution is -0.174. The van der Waals surface area contributed by atoms with Crippen LogP contribution in [0.4, 0.5) is 19.0 Å². The smallest absolute Gasteiger partial charge is 0.385 e. The van der Waals surface area contributed by atoms with Crippen molar-refractivity contribution >= 4 is 5.82 Å². The van der Waals surface area contributed by atoms with Crippen LogP contribution in [0.1, 0.15) is 0 Å². The number of H-pyrrole nitrogens is 1.